The van der Waals surface area contributed by atoms with E-state index in [1.807, 2.05) is 87.5 Å². The number of esters is 1. The number of nitrogens with one attached hydrogen (secondary N) is 1. The molecule has 3 rings (SSSR count). The van der Waals surface area contributed by atoms with Crippen molar-refractivity contribution in [3.8, 4) is 16.9 Å². The Kier molecular flexibility index (Phi) is 10.4. The van der Waals surface area contributed by atoms with Crippen LogP contribution in [0.25, 0.3) is 17.2 Å². The summed E-state index contributed by atoms with van der Waals surface area (Å²) in [6.07, 6.45) is 1.29. The van der Waals surface area contributed by atoms with Crippen molar-refractivity contribution in [3.63, 3.8) is 0 Å². The predicted octanol–water partition coefficient (Wildman–Crippen LogP) is 7.02. The molecule has 3 aromatic rings. The van der Waals surface area contributed by atoms with E-state index >= 15 is 0 Å². The summed E-state index contributed by atoms with van der Waals surface area (Å²) >= 11 is 0. The molecule has 0 aliphatic rings. The van der Waals surface area contributed by atoms with Crippen molar-refractivity contribution in [2.75, 3.05) is 6.61 Å². The molecule has 0 spiro atoms. The van der Waals surface area contributed by atoms with Crippen LogP contribution in [0.1, 0.15) is 69.8 Å². The fourth-order valence-corrected chi connectivity index (χ4v) is 4.19. The molecule has 1 atom stereocenters. The van der Waals surface area contributed by atoms with E-state index in [2.05, 4.69) is 11.9 Å². The highest BCUT2D eigenvalue weighted by atomic mass is 16.6. The van der Waals surface area contributed by atoms with E-state index in [0.29, 0.717) is 5.75 Å². The fourth-order valence-electron chi connectivity index (χ4n) is 4.19. The Morgan fingerprint density at radius 3 is 2.27 bits per heavy atom. The number of carbonyl (C=O) groups excluding carboxylic acids is 2. The first-order valence-electron chi connectivity index (χ1n) is 13.7. The van der Waals surface area contributed by atoms with E-state index in [1.165, 1.54) is 0 Å². The van der Waals surface area contributed by atoms with Crippen molar-refractivity contribution in [3.05, 3.63) is 95.6 Å². The van der Waals surface area contributed by atoms with Crippen LogP contribution in [0.4, 0.5) is 4.79 Å². The molecule has 0 aromatic heterocycles. The van der Waals surface area contributed by atoms with E-state index in [-0.39, 0.29) is 25.6 Å². The van der Waals surface area contributed by atoms with Crippen LogP contribution in [0.3, 0.4) is 0 Å². The molecule has 2 N–H and O–H groups in total. The third-order valence-electron chi connectivity index (χ3n) is 5.87. The summed E-state index contributed by atoms with van der Waals surface area (Å²) in [6, 6.07) is 20.5. The minimum atomic E-state index is -0.647. The van der Waals surface area contributed by atoms with Crippen molar-refractivity contribution in [2.45, 2.75) is 71.8 Å². The number of benzene rings is 3. The van der Waals surface area contributed by atoms with Gasteiger partial charge in [-0.1, -0.05) is 49.1 Å². The van der Waals surface area contributed by atoms with Gasteiger partial charge >= 0.3 is 12.1 Å². The van der Waals surface area contributed by atoms with Crippen molar-refractivity contribution in [1.82, 2.24) is 5.32 Å². The maximum Gasteiger partial charge on any atom is 0.408 e. The lowest BCUT2D eigenvalue weighted by Gasteiger charge is -2.23. The van der Waals surface area contributed by atoms with E-state index in [0.717, 1.165) is 33.4 Å². The van der Waals surface area contributed by atoms with Gasteiger partial charge in [-0.05, 0) is 99.7 Å². The Balaban J connectivity index is 1.81. The van der Waals surface area contributed by atoms with Crippen LogP contribution in [-0.2, 0) is 27.3 Å². The molecule has 0 heterocycles. The Morgan fingerprint density at radius 2 is 1.61 bits per heavy atom. The minimum Gasteiger partial charge on any atom is -0.489 e. The lowest BCUT2D eigenvalue weighted by Crippen LogP contribution is -2.36. The Bertz CT molecular complexity index is 1370. The summed E-state index contributed by atoms with van der Waals surface area (Å²) in [5, 5.41) is 12.7. The van der Waals surface area contributed by atoms with Crippen LogP contribution in [0, 0.1) is 0 Å². The van der Waals surface area contributed by atoms with Gasteiger partial charge in [0.25, 0.3) is 0 Å². The predicted molar refractivity (Wildman–Crippen MR) is 161 cm³/mol. The third kappa shape index (κ3) is 10.1. The first kappa shape index (κ1) is 31.4. The van der Waals surface area contributed by atoms with Gasteiger partial charge in [0.05, 0.1) is 19.1 Å². The minimum absolute atomic E-state index is 0.113. The average molecular weight is 560 g/mol. The fraction of sp³-hybridized carbons (Fsp3) is 0.353. The molecular weight excluding hydrogens is 518 g/mol. The monoisotopic (exact) mass is 559 g/mol. The highest BCUT2D eigenvalue weighted by molar-refractivity contribution is 5.74. The number of aliphatic hydroxyl groups is 1. The average Bonchev–Trinajstić information content (AvgIpc) is 2.89. The summed E-state index contributed by atoms with van der Waals surface area (Å²) in [6.45, 7) is 14.8. The number of rotatable bonds is 10. The summed E-state index contributed by atoms with van der Waals surface area (Å²) in [7, 11) is 0. The highest BCUT2D eigenvalue weighted by Gasteiger charge is 2.21. The van der Waals surface area contributed by atoms with Crippen molar-refractivity contribution in [2.24, 2.45) is 0 Å². The van der Waals surface area contributed by atoms with Gasteiger partial charge < -0.3 is 24.6 Å². The van der Waals surface area contributed by atoms with Crippen molar-refractivity contribution < 1.29 is 28.9 Å². The largest absolute Gasteiger partial charge is 0.489 e. The van der Waals surface area contributed by atoms with Gasteiger partial charge in [-0.3, -0.25) is 4.79 Å². The summed E-state index contributed by atoms with van der Waals surface area (Å²) < 4.78 is 17.0. The molecule has 0 saturated carbocycles. The molecule has 0 aliphatic carbocycles. The lowest BCUT2D eigenvalue weighted by atomic mass is 9.96. The third-order valence-corrected chi connectivity index (χ3v) is 5.87. The zero-order valence-electron chi connectivity index (χ0n) is 24.8. The number of aliphatic hydroxyl groups excluding tert-OH is 1. The number of carbonyl (C=O) groups is 2. The second-order valence-electron chi connectivity index (χ2n) is 11.8. The maximum atomic E-state index is 12.4. The molecule has 0 saturated heterocycles. The number of hydrogen-bond donors (Lipinski definition) is 2. The molecule has 41 heavy (non-hydrogen) atoms. The van der Waals surface area contributed by atoms with Gasteiger partial charge in [-0.15, -0.1) is 0 Å². The van der Waals surface area contributed by atoms with Gasteiger partial charge in [-0.25, -0.2) is 4.79 Å². The van der Waals surface area contributed by atoms with Crippen LogP contribution in [0.5, 0.6) is 5.75 Å². The van der Waals surface area contributed by atoms with E-state index in [9.17, 15) is 14.7 Å². The smallest absolute Gasteiger partial charge is 0.408 e. The van der Waals surface area contributed by atoms with Crippen LogP contribution in [-0.4, -0.2) is 35.0 Å². The molecular formula is C34H41NO6. The quantitative estimate of drug-likeness (QED) is 0.259. The van der Waals surface area contributed by atoms with Gasteiger partial charge in [0, 0.05) is 5.56 Å². The molecule has 0 fully saturated rings. The number of alkyl carbamates (subject to hydrolysis) is 1. The molecule has 3 aromatic carbocycles. The van der Waals surface area contributed by atoms with Gasteiger partial charge in [0.15, 0.2) is 0 Å². The second kappa shape index (κ2) is 13.5. The Hall–Kier alpha value is -4.10. The molecule has 7 heteroatoms. The van der Waals surface area contributed by atoms with Crippen LogP contribution in [0.2, 0.25) is 0 Å². The number of ether oxygens (including phenoxy) is 3. The summed E-state index contributed by atoms with van der Waals surface area (Å²) in [5.74, 6) is 0.302. The molecule has 1 unspecified atom stereocenters. The highest BCUT2D eigenvalue weighted by Crippen LogP contribution is 2.28. The first-order chi connectivity index (χ1) is 19.3. The SMILES string of the molecule is C=Cc1cc(COc2ccccc2CC(=O)OC(C)(C)C)cc(-c2cccc(C(CO)NC(=O)OC(C)(C)C)c2)c1. The summed E-state index contributed by atoms with van der Waals surface area (Å²) in [5.41, 5.74) is 3.96. The van der Waals surface area contributed by atoms with Crippen LogP contribution >= 0.6 is 0 Å². The molecule has 0 bridgehead atoms. The van der Waals surface area contributed by atoms with Gasteiger partial charge in [0.1, 0.15) is 23.6 Å². The number of amides is 1. The van der Waals surface area contributed by atoms with Gasteiger partial charge in [-0.2, -0.15) is 0 Å². The second-order valence-corrected chi connectivity index (χ2v) is 11.8. The molecule has 218 valence electrons. The number of hydrogen-bond acceptors (Lipinski definition) is 6. The van der Waals surface area contributed by atoms with E-state index in [4.69, 9.17) is 14.2 Å². The molecule has 0 radical (unpaired) electrons. The Labute approximate surface area is 243 Å². The van der Waals surface area contributed by atoms with Crippen molar-refractivity contribution in [1.29, 1.82) is 0 Å². The van der Waals surface area contributed by atoms with Crippen LogP contribution < -0.4 is 10.1 Å². The lowest BCUT2D eigenvalue weighted by molar-refractivity contribution is -0.153. The first-order valence-corrected chi connectivity index (χ1v) is 13.7. The standard InChI is InChI=1S/C34H41NO6/c1-8-23-16-24(22-39-30-15-10-9-12-27(30)20-31(37)40-33(2,3)4)18-28(17-23)25-13-11-14-26(19-25)29(21-36)35-32(38)41-34(5,6)7/h8-19,29,36H,1,20-22H2,2-7H3,(H,35,38). The number of para-hydroxylation sites is 1. The zero-order valence-corrected chi connectivity index (χ0v) is 24.8. The normalized spacial score (nSPS) is 12.3. The van der Waals surface area contributed by atoms with E-state index in [1.54, 1.807) is 26.8 Å². The topological polar surface area (TPSA) is 94.1 Å². The van der Waals surface area contributed by atoms with Crippen molar-refractivity contribution >= 4 is 18.1 Å². The summed E-state index contributed by atoms with van der Waals surface area (Å²) in [4.78, 5) is 24.7. The van der Waals surface area contributed by atoms with Gasteiger partial charge in [0.2, 0.25) is 0 Å². The Morgan fingerprint density at radius 1 is 0.902 bits per heavy atom. The molecule has 0 aliphatic heterocycles. The molecule has 1 amide bonds. The van der Waals surface area contributed by atoms with Crippen LogP contribution in [0.15, 0.2) is 73.3 Å². The maximum absolute atomic E-state index is 12.4. The molecule has 7 nitrogen and oxygen atoms in total. The van der Waals surface area contributed by atoms with E-state index < -0.39 is 23.3 Å². The zero-order chi connectivity index (χ0) is 30.2.